The third kappa shape index (κ3) is 8.68. The Morgan fingerprint density at radius 2 is 1.88 bits per heavy atom. The van der Waals surface area contributed by atoms with Crippen molar-refractivity contribution in [1.82, 2.24) is 9.62 Å². The lowest BCUT2D eigenvalue weighted by Gasteiger charge is -2.46. The molecule has 1 aliphatic carbocycles. The highest BCUT2D eigenvalue weighted by Gasteiger charge is 2.45. The Hall–Kier alpha value is -3.07. The van der Waals surface area contributed by atoms with Gasteiger partial charge in [-0.1, -0.05) is 42.5 Å². The Balaban J connectivity index is 1.35. The Labute approximate surface area is 302 Å². The van der Waals surface area contributed by atoms with E-state index in [0.29, 0.717) is 43.3 Å². The number of anilines is 1. The standard InChI is InChI=1S/C39H50ClN3O6S/c1-28-8-7-17-39(45,16-4-6-18-42-20-22-48-23-21-42)35-14-11-32(35)26-43-19-5-3-9-30-24-34(40)13-10-33(30)27-49-37-15-12-31(25-36(37)43)38(44)41-50(46,47)29(28)2/h7,10,12-13,15,17,24-25,28-29,32,35,45H,3,5-6,8-9,11,14,18-23,26-27H2,1-2H3,(H,41,44)/b17-7+/t28-,29+,32-,35+,39+/m0/s1. The number of benzene rings is 2. The van der Waals surface area contributed by atoms with Gasteiger partial charge in [0.15, 0.2) is 0 Å². The first-order chi connectivity index (χ1) is 24.0. The largest absolute Gasteiger partial charge is 0.487 e. The number of hydrogen-bond acceptors (Lipinski definition) is 8. The van der Waals surface area contributed by atoms with Crippen molar-refractivity contribution in [3.8, 4) is 17.6 Å². The van der Waals surface area contributed by atoms with E-state index >= 15 is 0 Å². The Kier molecular flexibility index (Phi) is 11.8. The van der Waals surface area contributed by atoms with Crippen molar-refractivity contribution < 1.29 is 27.8 Å². The molecule has 6 rings (SSSR count). The maximum atomic E-state index is 13.5. The maximum absolute atomic E-state index is 13.5. The predicted molar refractivity (Wildman–Crippen MR) is 197 cm³/mol. The molecule has 2 fully saturated rings. The summed E-state index contributed by atoms with van der Waals surface area (Å²) >= 11 is 6.36. The van der Waals surface area contributed by atoms with Crippen LogP contribution in [0.5, 0.6) is 5.75 Å². The summed E-state index contributed by atoms with van der Waals surface area (Å²) < 4.78 is 41.1. The third-order valence-electron chi connectivity index (χ3n) is 11.0. The van der Waals surface area contributed by atoms with Crippen molar-refractivity contribution in [3.05, 3.63) is 70.3 Å². The number of sulfonamides is 1. The topological polar surface area (TPSA) is 108 Å². The van der Waals surface area contributed by atoms with Crippen LogP contribution in [0.1, 0.15) is 73.9 Å². The number of aryl methyl sites for hydroxylation is 1. The van der Waals surface area contributed by atoms with Crippen molar-refractivity contribution in [2.24, 2.45) is 17.8 Å². The first kappa shape index (κ1) is 36.7. The van der Waals surface area contributed by atoms with Crippen LogP contribution in [0.4, 0.5) is 5.69 Å². The second-order valence-corrected chi connectivity index (χ2v) is 16.8. The molecule has 11 heteroatoms. The van der Waals surface area contributed by atoms with Gasteiger partial charge in [0.05, 0.1) is 24.2 Å². The first-order valence-electron chi connectivity index (χ1n) is 18.1. The fourth-order valence-electron chi connectivity index (χ4n) is 7.47. The SMILES string of the molecule is C[C@@H]1[C@@H](C)C/C=C/[C@](O)(C#CCCN2CCOCC2)[C@@H]2CC[C@H]2CN2CCCCc3cc(Cl)ccc3COc3ccc(cc32)C(=O)NS1(=O)=O. The highest BCUT2D eigenvalue weighted by molar-refractivity contribution is 7.90. The number of rotatable bonds is 2. The molecular formula is C39H50ClN3O6S. The van der Waals surface area contributed by atoms with E-state index in [9.17, 15) is 18.3 Å². The minimum Gasteiger partial charge on any atom is -0.487 e. The van der Waals surface area contributed by atoms with Crippen LogP contribution >= 0.6 is 11.6 Å². The number of morpholine rings is 1. The molecular weight excluding hydrogens is 674 g/mol. The minimum atomic E-state index is -3.99. The quantitative estimate of drug-likeness (QED) is 0.305. The van der Waals surface area contributed by atoms with E-state index in [0.717, 1.165) is 81.8 Å². The number of carbonyl (C=O) groups excluding carboxylic acids is 1. The van der Waals surface area contributed by atoms with E-state index in [4.69, 9.17) is 21.1 Å². The number of allylic oxidation sites excluding steroid dienone is 1. The Morgan fingerprint density at radius 1 is 1.06 bits per heavy atom. The van der Waals surface area contributed by atoms with Crippen LogP contribution in [0.3, 0.4) is 0 Å². The molecule has 0 aromatic heterocycles. The van der Waals surface area contributed by atoms with Gasteiger partial charge in [0.25, 0.3) is 5.91 Å². The molecule has 3 aliphatic heterocycles. The maximum Gasteiger partial charge on any atom is 0.264 e. The first-order valence-corrected chi connectivity index (χ1v) is 20.0. The molecule has 2 aromatic rings. The van der Waals surface area contributed by atoms with Gasteiger partial charge in [0.2, 0.25) is 10.0 Å². The van der Waals surface area contributed by atoms with Crippen molar-refractivity contribution in [1.29, 1.82) is 0 Å². The van der Waals surface area contributed by atoms with Gasteiger partial charge >= 0.3 is 0 Å². The summed E-state index contributed by atoms with van der Waals surface area (Å²) in [5.74, 6) is 6.27. The summed E-state index contributed by atoms with van der Waals surface area (Å²) in [5, 5.41) is 12.1. The number of carbonyl (C=O) groups is 1. The predicted octanol–water partition coefficient (Wildman–Crippen LogP) is 5.59. The van der Waals surface area contributed by atoms with Crippen LogP contribution < -0.4 is 14.4 Å². The molecule has 5 atom stereocenters. The summed E-state index contributed by atoms with van der Waals surface area (Å²) in [5.41, 5.74) is 1.86. The van der Waals surface area contributed by atoms with Gasteiger partial charge in [-0.15, -0.1) is 0 Å². The van der Waals surface area contributed by atoms with Crippen molar-refractivity contribution in [3.63, 3.8) is 0 Å². The van der Waals surface area contributed by atoms with E-state index in [1.807, 2.05) is 31.2 Å². The normalized spacial score (nSPS) is 29.7. The van der Waals surface area contributed by atoms with Crippen LogP contribution in [0.2, 0.25) is 5.02 Å². The lowest BCUT2D eigenvalue weighted by atomic mass is 9.64. The highest BCUT2D eigenvalue weighted by Crippen LogP contribution is 2.45. The molecule has 270 valence electrons. The Bertz CT molecular complexity index is 1730. The zero-order valence-corrected chi connectivity index (χ0v) is 30.8. The molecule has 0 unspecified atom stereocenters. The summed E-state index contributed by atoms with van der Waals surface area (Å²) in [6.07, 6.45) is 9.20. The van der Waals surface area contributed by atoms with E-state index in [1.54, 1.807) is 31.2 Å². The monoisotopic (exact) mass is 723 g/mol. The minimum absolute atomic E-state index is 0.0977. The third-order valence-corrected chi connectivity index (χ3v) is 13.2. The van der Waals surface area contributed by atoms with Crippen molar-refractivity contribution in [2.45, 2.75) is 76.3 Å². The molecule has 1 saturated carbocycles. The lowest BCUT2D eigenvalue weighted by molar-refractivity contribution is -0.00303. The van der Waals surface area contributed by atoms with Gasteiger partial charge in [0, 0.05) is 55.6 Å². The van der Waals surface area contributed by atoms with Gasteiger partial charge in [-0.2, -0.15) is 0 Å². The van der Waals surface area contributed by atoms with Crippen LogP contribution in [0.15, 0.2) is 48.6 Å². The smallest absolute Gasteiger partial charge is 0.264 e. The summed E-state index contributed by atoms with van der Waals surface area (Å²) in [4.78, 5) is 18.1. The van der Waals surface area contributed by atoms with Gasteiger partial charge in [0.1, 0.15) is 18.0 Å². The molecule has 0 radical (unpaired) electrons. The molecule has 1 amide bonds. The highest BCUT2D eigenvalue weighted by atomic mass is 35.5. The van der Waals surface area contributed by atoms with E-state index < -0.39 is 26.8 Å². The molecule has 50 heavy (non-hydrogen) atoms. The van der Waals surface area contributed by atoms with Crippen LogP contribution in [-0.2, 0) is 27.8 Å². The van der Waals surface area contributed by atoms with Crippen LogP contribution in [0.25, 0.3) is 0 Å². The van der Waals surface area contributed by atoms with Gasteiger partial charge in [-0.25, -0.2) is 13.1 Å². The lowest BCUT2D eigenvalue weighted by Crippen LogP contribution is -2.49. The number of amides is 1. The second-order valence-electron chi connectivity index (χ2n) is 14.4. The number of nitrogens with zero attached hydrogens (tertiary/aromatic N) is 2. The number of hydrogen-bond donors (Lipinski definition) is 2. The number of ether oxygens (including phenoxy) is 2. The zero-order chi connectivity index (χ0) is 35.3. The number of halogens is 1. The number of nitrogens with one attached hydrogen (secondary N) is 1. The van der Waals surface area contributed by atoms with Crippen LogP contribution in [-0.4, -0.2) is 81.1 Å². The van der Waals surface area contributed by atoms with Crippen molar-refractivity contribution in [2.75, 3.05) is 50.8 Å². The molecule has 3 heterocycles. The Morgan fingerprint density at radius 3 is 2.66 bits per heavy atom. The fourth-order valence-corrected chi connectivity index (χ4v) is 8.95. The van der Waals surface area contributed by atoms with E-state index in [-0.39, 0.29) is 23.3 Å². The average molecular weight is 724 g/mol. The molecule has 2 bridgehead atoms. The van der Waals surface area contributed by atoms with Crippen LogP contribution in [0, 0.1) is 29.6 Å². The molecule has 2 N–H and O–H groups in total. The summed E-state index contributed by atoms with van der Waals surface area (Å²) in [7, 11) is -3.99. The number of fused-ring (bicyclic) bond motifs is 3. The average Bonchev–Trinajstić information content (AvgIpc) is 3.11. The molecule has 4 aliphatic rings. The second kappa shape index (κ2) is 16.1. The summed E-state index contributed by atoms with van der Waals surface area (Å²) in [6.45, 7) is 9.20. The van der Waals surface area contributed by atoms with Gasteiger partial charge in [-0.05, 0) is 105 Å². The van der Waals surface area contributed by atoms with E-state index in [2.05, 4.69) is 26.4 Å². The van der Waals surface area contributed by atoms with Crippen molar-refractivity contribution >= 4 is 33.2 Å². The fraction of sp³-hybridized carbons (Fsp3) is 0.564. The van der Waals surface area contributed by atoms with E-state index in [1.165, 1.54) is 0 Å². The van der Waals surface area contributed by atoms with Gasteiger partial charge < -0.3 is 19.5 Å². The van der Waals surface area contributed by atoms with Gasteiger partial charge in [-0.3, -0.25) is 9.69 Å². The molecule has 0 spiro atoms. The molecule has 2 aromatic carbocycles. The molecule has 9 nitrogen and oxygen atoms in total. The zero-order valence-electron chi connectivity index (χ0n) is 29.2. The molecule has 1 saturated heterocycles. The summed E-state index contributed by atoms with van der Waals surface area (Å²) in [6, 6.07) is 11.0. The number of aliphatic hydroxyl groups is 1.